The van der Waals surface area contributed by atoms with Crippen molar-refractivity contribution in [1.29, 1.82) is 0 Å². The second-order valence-electron chi connectivity index (χ2n) is 6.14. The van der Waals surface area contributed by atoms with Gasteiger partial charge in [0.15, 0.2) is 0 Å². The molecule has 4 heteroatoms. The van der Waals surface area contributed by atoms with E-state index in [9.17, 15) is 4.79 Å². The number of likely N-dealkylation sites (tertiary alicyclic amines) is 1. The van der Waals surface area contributed by atoms with E-state index in [1.54, 1.807) is 0 Å². The van der Waals surface area contributed by atoms with Crippen LogP contribution in [0.5, 0.6) is 0 Å². The van der Waals surface area contributed by atoms with Crippen LogP contribution in [0.25, 0.3) is 0 Å². The lowest BCUT2D eigenvalue weighted by Crippen LogP contribution is -2.44. The Hall–Kier alpha value is -0.610. The predicted molar refractivity (Wildman–Crippen MR) is 78.1 cm³/mol. The van der Waals surface area contributed by atoms with Gasteiger partial charge in [-0.05, 0) is 51.2 Å². The number of carbonyl (C=O) groups excluding carboxylic acids is 1. The molecule has 0 saturated carbocycles. The van der Waals surface area contributed by atoms with Crippen LogP contribution in [0.15, 0.2) is 0 Å². The van der Waals surface area contributed by atoms with Crippen molar-refractivity contribution in [2.75, 3.05) is 32.7 Å². The van der Waals surface area contributed by atoms with Crippen LogP contribution in [0.2, 0.25) is 0 Å². The van der Waals surface area contributed by atoms with Crippen molar-refractivity contribution >= 4 is 5.91 Å². The zero-order chi connectivity index (χ0) is 13.5. The van der Waals surface area contributed by atoms with E-state index >= 15 is 0 Å². The van der Waals surface area contributed by atoms with Crippen LogP contribution in [-0.4, -0.2) is 49.6 Å². The summed E-state index contributed by atoms with van der Waals surface area (Å²) in [6.07, 6.45) is 7.14. The van der Waals surface area contributed by atoms with Gasteiger partial charge in [0.05, 0.1) is 0 Å². The zero-order valence-electron chi connectivity index (χ0n) is 12.3. The molecule has 0 aliphatic carbocycles. The third-order valence-corrected chi connectivity index (χ3v) is 4.53. The molecule has 2 aliphatic heterocycles. The molecule has 2 saturated heterocycles. The van der Waals surface area contributed by atoms with Crippen LogP contribution in [0, 0.1) is 5.92 Å². The Balaban J connectivity index is 1.58. The number of hydrogen-bond donors (Lipinski definition) is 2. The molecule has 4 nitrogen and oxygen atoms in total. The lowest BCUT2D eigenvalue weighted by Gasteiger charge is -2.30. The summed E-state index contributed by atoms with van der Waals surface area (Å²) in [4.78, 5) is 14.4. The molecule has 2 N–H and O–H groups in total. The Labute approximate surface area is 117 Å². The first-order valence-electron chi connectivity index (χ1n) is 7.98. The molecule has 0 radical (unpaired) electrons. The van der Waals surface area contributed by atoms with Gasteiger partial charge >= 0.3 is 0 Å². The molecule has 2 atom stereocenters. The number of hydrogen-bond acceptors (Lipinski definition) is 3. The highest BCUT2D eigenvalue weighted by atomic mass is 16.1. The van der Waals surface area contributed by atoms with E-state index in [0.717, 1.165) is 19.6 Å². The molecule has 1 amide bonds. The lowest BCUT2D eigenvalue weighted by atomic mass is 9.90. The second kappa shape index (κ2) is 7.85. The van der Waals surface area contributed by atoms with Crippen molar-refractivity contribution in [3.63, 3.8) is 0 Å². The van der Waals surface area contributed by atoms with E-state index in [-0.39, 0.29) is 5.91 Å². The number of nitrogens with zero attached hydrogens (tertiary/aromatic N) is 1. The summed E-state index contributed by atoms with van der Waals surface area (Å²) in [6, 6.07) is 0.378. The third-order valence-electron chi connectivity index (χ3n) is 4.53. The van der Waals surface area contributed by atoms with Gasteiger partial charge < -0.3 is 15.5 Å². The SMILES string of the molecule is CC1CCCNC1CC(=O)NCCN1CCCCC1. The number of piperidine rings is 2. The third kappa shape index (κ3) is 5.11. The Morgan fingerprint density at radius 1 is 1.26 bits per heavy atom. The van der Waals surface area contributed by atoms with E-state index in [1.807, 2.05) is 0 Å². The average Bonchev–Trinajstić information content (AvgIpc) is 2.43. The maximum absolute atomic E-state index is 11.9. The highest BCUT2D eigenvalue weighted by Crippen LogP contribution is 2.17. The molecule has 110 valence electrons. The normalized spacial score (nSPS) is 29.1. The largest absolute Gasteiger partial charge is 0.355 e. The highest BCUT2D eigenvalue weighted by molar-refractivity contribution is 5.76. The number of nitrogens with one attached hydrogen (secondary N) is 2. The summed E-state index contributed by atoms with van der Waals surface area (Å²) >= 11 is 0. The van der Waals surface area contributed by atoms with Crippen molar-refractivity contribution in [1.82, 2.24) is 15.5 Å². The van der Waals surface area contributed by atoms with Crippen LogP contribution in [0.4, 0.5) is 0 Å². The summed E-state index contributed by atoms with van der Waals surface area (Å²) in [5.41, 5.74) is 0. The number of carbonyl (C=O) groups is 1. The Morgan fingerprint density at radius 2 is 2.05 bits per heavy atom. The van der Waals surface area contributed by atoms with Gasteiger partial charge in [0.1, 0.15) is 0 Å². The molecule has 2 unspecified atom stereocenters. The van der Waals surface area contributed by atoms with Gasteiger partial charge in [0.2, 0.25) is 5.91 Å². The maximum atomic E-state index is 11.9. The van der Waals surface area contributed by atoms with Crippen molar-refractivity contribution < 1.29 is 4.79 Å². The molecular weight excluding hydrogens is 238 g/mol. The first-order valence-corrected chi connectivity index (χ1v) is 7.98. The van der Waals surface area contributed by atoms with Crippen molar-refractivity contribution in [2.24, 2.45) is 5.92 Å². The van der Waals surface area contributed by atoms with E-state index in [4.69, 9.17) is 0 Å². The van der Waals surface area contributed by atoms with E-state index in [1.165, 1.54) is 45.2 Å². The molecule has 2 aliphatic rings. The summed E-state index contributed by atoms with van der Waals surface area (Å²) in [7, 11) is 0. The standard InChI is InChI=1S/C15H29N3O/c1-13-6-5-7-16-14(13)12-15(19)17-8-11-18-9-3-2-4-10-18/h13-14,16H,2-12H2,1H3,(H,17,19). The zero-order valence-corrected chi connectivity index (χ0v) is 12.3. The van der Waals surface area contributed by atoms with Gasteiger partial charge in [0, 0.05) is 25.6 Å². The van der Waals surface area contributed by atoms with Crippen molar-refractivity contribution in [2.45, 2.75) is 51.5 Å². The van der Waals surface area contributed by atoms with Crippen LogP contribution in [-0.2, 0) is 4.79 Å². The van der Waals surface area contributed by atoms with Gasteiger partial charge in [-0.1, -0.05) is 13.3 Å². The van der Waals surface area contributed by atoms with Crippen LogP contribution >= 0.6 is 0 Å². The summed E-state index contributed by atoms with van der Waals surface area (Å²) in [5, 5.41) is 6.55. The first kappa shape index (κ1) is 14.8. The molecule has 19 heavy (non-hydrogen) atoms. The molecule has 2 fully saturated rings. The van der Waals surface area contributed by atoms with Gasteiger partial charge in [-0.3, -0.25) is 4.79 Å². The summed E-state index contributed by atoms with van der Waals surface area (Å²) in [6.45, 7) is 7.54. The van der Waals surface area contributed by atoms with Crippen LogP contribution in [0.1, 0.15) is 45.4 Å². The highest BCUT2D eigenvalue weighted by Gasteiger charge is 2.23. The van der Waals surface area contributed by atoms with Crippen molar-refractivity contribution in [3.8, 4) is 0 Å². The van der Waals surface area contributed by atoms with E-state index in [2.05, 4.69) is 22.5 Å². The quantitative estimate of drug-likeness (QED) is 0.791. The molecule has 2 rings (SSSR count). The van der Waals surface area contributed by atoms with Crippen LogP contribution in [0.3, 0.4) is 0 Å². The molecule has 2 heterocycles. The lowest BCUT2D eigenvalue weighted by molar-refractivity contribution is -0.122. The maximum Gasteiger partial charge on any atom is 0.221 e. The molecule has 0 spiro atoms. The Kier molecular flexibility index (Phi) is 6.11. The second-order valence-corrected chi connectivity index (χ2v) is 6.14. The van der Waals surface area contributed by atoms with Gasteiger partial charge in [-0.15, -0.1) is 0 Å². The van der Waals surface area contributed by atoms with E-state index in [0.29, 0.717) is 18.4 Å². The van der Waals surface area contributed by atoms with Gasteiger partial charge in [0.25, 0.3) is 0 Å². The van der Waals surface area contributed by atoms with E-state index < -0.39 is 0 Å². The molecule has 0 aromatic heterocycles. The summed E-state index contributed by atoms with van der Waals surface area (Å²) in [5.74, 6) is 0.838. The minimum atomic E-state index is 0.211. The number of rotatable bonds is 5. The fourth-order valence-corrected chi connectivity index (χ4v) is 3.20. The summed E-state index contributed by atoms with van der Waals surface area (Å²) < 4.78 is 0. The van der Waals surface area contributed by atoms with Crippen LogP contribution < -0.4 is 10.6 Å². The van der Waals surface area contributed by atoms with Gasteiger partial charge in [-0.2, -0.15) is 0 Å². The smallest absolute Gasteiger partial charge is 0.221 e. The monoisotopic (exact) mass is 267 g/mol. The minimum absolute atomic E-state index is 0.211. The molecular formula is C15H29N3O. The fourth-order valence-electron chi connectivity index (χ4n) is 3.20. The molecule has 0 aromatic carbocycles. The number of amides is 1. The topological polar surface area (TPSA) is 44.4 Å². The minimum Gasteiger partial charge on any atom is -0.355 e. The first-order chi connectivity index (χ1) is 9.25. The fraction of sp³-hybridized carbons (Fsp3) is 0.933. The van der Waals surface area contributed by atoms with Gasteiger partial charge in [-0.25, -0.2) is 0 Å². The Morgan fingerprint density at radius 3 is 2.79 bits per heavy atom. The Bertz CT molecular complexity index is 277. The molecule has 0 aromatic rings. The average molecular weight is 267 g/mol. The predicted octanol–water partition coefficient (Wildman–Crippen LogP) is 1.37. The molecule has 0 bridgehead atoms. The van der Waals surface area contributed by atoms with Crippen molar-refractivity contribution in [3.05, 3.63) is 0 Å².